The van der Waals surface area contributed by atoms with Gasteiger partial charge in [-0.25, -0.2) is 9.18 Å². The fraction of sp³-hybridized carbons (Fsp3) is 0.0909. The van der Waals surface area contributed by atoms with Crippen LogP contribution in [0.3, 0.4) is 0 Å². The average molecular weight is 413 g/mol. The number of carbonyl (C=O) groups is 2. The molecule has 0 aliphatic rings. The van der Waals surface area contributed by atoms with E-state index in [1.807, 2.05) is 30.3 Å². The number of amides is 2. The summed E-state index contributed by atoms with van der Waals surface area (Å²) in [4.78, 5) is 24.7. The van der Waals surface area contributed by atoms with Crippen molar-refractivity contribution in [2.45, 2.75) is 6.42 Å². The van der Waals surface area contributed by atoms with Crippen LogP contribution in [-0.4, -0.2) is 18.5 Å². The van der Waals surface area contributed by atoms with E-state index < -0.39 is 17.8 Å². The molecule has 2 N–H and O–H groups in total. The first-order chi connectivity index (χ1) is 14.0. The first-order valence-corrected chi connectivity index (χ1v) is 9.25. The highest BCUT2D eigenvalue weighted by atomic mass is 35.5. The minimum Gasteiger partial charge on any atom is -0.409 e. The third-order valence-electron chi connectivity index (χ3n) is 4.02. The monoisotopic (exact) mass is 412 g/mol. The maximum absolute atomic E-state index is 13.0. The van der Waals surface area contributed by atoms with E-state index in [9.17, 15) is 14.0 Å². The molecule has 0 unspecified atom stereocenters. The lowest BCUT2D eigenvalue weighted by atomic mass is 10.1. The predicted octanol–water partition coefficient (Wildman–Crippen LogP) is 5.06. The average Bonchev–Trinajstić information content (AvgIpc) is 2.72. The zero-order chi connectivity index (χ0) is 20.6. The van der Waals surface area contributed by atoms with Gasteiger partial charge in [-0.15, -0.1) is 0 Å². The Hall–Kier alpha value is -3.38. The highest BCUT2D eigenvalue weighted by Gasteiger charge is 2.16. The molecule has 3 rings (SSSR count). The van der Waals surface area contributed by atoms with E-state index in [0.29, 0.717) is 23.7 Å². The SMILES string of the molecule is O=C(NCCc1ccccc1)Oc1ccc(Cl)cc1C(=O)Nc1ccc(F)cc1. The van der Waals surface area contributed by atoms with Crippen LogP contribution >= 0.6 is 11.6 Å². The van der Waals surface area contributed by atoms with Gasteiger partial charge in [-0.3, -0.25) is 4.79 Å². The number of hydrogen-bond acceptors (Lipinski definition) is 3. The summed E-state index contributed by atoms with van der Waals surface area (Å²) in [5, 5.41) is 5.58. The number of rotatable bonds is 6. The van der Waals surface area contributed by atoms with Gasteiger partial charge in [0, 0.05) is 17.3 Å². The normalized spacial score (nSPS) is 10.3. The molecule has 148 valence electrons. The number of benzene rings is 3. The maximum Gasteiger partial charge on any atom is 0.412 e. The van der Waals surface area contributed by atoms with Gasteiger partial charge in [-0.1, -0.05) is 41.9 Å². The Morgan fingerprint density at radius 2 is 1.69 bits per heavy atom. The Kier molecular flexibility index (Phi) is 6.81. The molecule has 2 amide bonds. The van der Waals surface area contributed by atoms with Crippen LogP contribution in [0.25, 0.3) is 0 Å². The molecule has 0 spiro atoms. The lowest BCUT2D eigenvalue weighted by Crippen LogP contribution is -2.29. The van der Waals surface area contributed by atoms with Crippen molar-refractivity contribution in [3.63, 3.8) is 0 Å². The van der Waals surface area contributed by atoms with Crippen molar-refractivity contribution >= 4 is 29.3 Å². The highest BCUT2D eigenvalue weighted by Crippen LogP contribution is 2.24. The number of halogens is 2. The van der Waals surface area contributed by atoms with Crippen molar-refractivity contribution in [2.75, 3.05) is 11.9 Å². The molecule has 0 saturated carbocycles. The van der Waals surface area contributed by atoms with Crippen LogP contribution in [0.15, 0.2) is 72.8 Å². The van der Waals surface area contributed by atoms with Crippen molar-refractivity contribution in [2.24, 2.45) is 0 Å². The van der Waals surface area contributed by atoms with Gasteiger partial charge in [0.2, 0.25) is 0 Å². The standard InChI is InChI=1S/C22H18ClFN2O3/c23-16-6-11-20(29-22(28)25-13-12-15-4-2-1-3-5-15)19(14-16)21(27)26-18-9-7-17(24)8-10-18/h1-11,14H,12-13H2,(H,25,28)(H,26,27). The second-order valence-electron chi connectivity index (χ2n) is 6.15. The Morgan fingerprint density at radius 3 is 2.41 bits per heavy atom. The molecule has 3 aromatic rings. The van der Waals surface area contributed by atoms with E-state index in [1.165, 1.54) is 42.5 Å². The van der Waals surface area contributed by atoms with Gasteiger partial charge < -0.3 is 15.4 Å². The number of ether oxygens (including phenoxy) is 1. The number of anilines is 1. The molecule has 7 heteroatoms. The second kappa shape index (κ2) is 9.71. The highest BCUT2D eigenvalue weighted by molar-refractivity contribution is 6.31. The zero-order valence-electron chi connectivity index (χ0n) is 15.3. The molecule has 3 aromatic carbocycles. The predicted molar refractivity (Wildman–Crippen MR) is 110 cm³/mol. The molecule has 0 atom stereocenters. The van der Waals surface area contributed by atoms with Gasteiger partial charge in [0.25, 0.3) is 5.91 Å². The van der Waals surface area contributed by atoms with E-state index in [1.54, 1.807) is 0 Å². The van der Waals surface area contributed by atoms with Gasteiger partial charge in [-0.2, -0.15) is 0 Å². The van der Waals surface area contributed by atoms with Crippen LogP contribution in [-0.2, 0) is 6.42 Å². The summed E-state index contributed by atoms with van der Waals surface area (Å²) in [6, 6.07) is 19.4. The number of nitrogens with one attached hydrogen (secondary N) is 2. The van der Waals surface area contributed by atoms with Gasteiger partial charge >= 0.3 is 6.09 Å². The van der Waals surface area contributed by atoms with E-state index in [-0.39, 0.29) is 11.3 Å². The molecule has 0 bridgehead atoms. The molecule has 0 heterocycles. The number of carbonyl (C=O) groups excluding carboxylic acids is 2. The Bertz CT molecular complexity index is 995. The molecular formula is C22H18ClFN2O3. The van der Waals surface area contributed by atoms with Crippen molar-refractivity contribution in [1.82, 2.24) is 5.32 Å². The van der Waals surface area contributed by atoms with Gasteiger partial charge in [0.1, 0.15) is 11.6 Å². The van der Waals surface area contributed by atoms with E-state index in [2.05, 4.69) is 10.6 Å². The van der Waals surface area contributed by atoms with Crippen molar-refractivity contribution in [1.29, 1.82) is 0 Å². The van der Waals surface area contributed by atoms with Gasteiger partial charge in [-0.05, 0) is 54.4 Å². The van der Waals surface area contributed by atoms with Crippen molar-refractivity contribution < 1.29 is 18.7 Å². The van der Waals surface area contributed by atoms with Crippen LogP contribution in [0.1, 0.15) is 15.9 Å². The molecule has 5 nitrogen and oxygen atoms in total. The Balaban J connectivity index is 1.63. The number of hydrogen-bond donors (Lipinski definition) is 2. The molecule has 0 radical (unpaired) electrons. The first kappa shape index (κ1) is 20.4. The third-order valence-corrected chi connectivity index (χ3v) is 4.25. The van der Waals surface area contributed by atoms with Crippen LogP contribution in [0.2, 0.25) is 5.02 Å². The van der Waals surface area contributed by atoms with E-state index >= 15 is 0 Å². The third kappa shape index (κ3) is 6.05. The summed E-state index contributed by atoms with van der Waals surface area (Å²) in [5.74, 6) is -0.889. The van der Waals surface area contributed by atoms with E-state index in [0.717, 1.165) is 5.56 Å². The molecular weight excluding hydrogens is 395 g/mol. The topological polar surface area (TPSA) is 67.4 Å². The summed E-state index contributed by atoms with van der Waals surface area (Å²) in [7, 11) is 0. The lowest BCUT2D eigenvalue weighted by Gasteiger charge is -2.12. The van der Waals surface area contributed by atoms with Crippen molar-refractivity contribution in [3.05, 3.63) is 94.8 Å². The van der Waals surface area contributed by atoms with Crippen LogP contribution in [0.5, 0.6) is 5.75 Å². The maximum atomic E-state index is 13.0. The van der Waals surface area contributed by atoms with Gasteiger partial charge in [0.15, 0.2) is 0 Å². The molecule has 29 heavy (non-hydrogen) atoms. The molecule has 0 aliphatic carbocycles. The fourth-order valence-corrected chi connectivity index (χ4v) is 2.76. The molecule has 0 aliphatic heterocycles. The minimum absolute atomic E-state index is 0.0613. The fourth-order valence-electron chi connectivity index (χ4n) is 2.59. The van der Waals surface area contributed by atoms with Crippen molar-refractivity contribution in [3.8, 4) is 5.75 Å². The minimum atomic E-state index is -0.681. The quantitative estimate of drug-likeness (QED) is 0.594. The van der Waals surface area contributed by atoms with E-state index in [4.69, 9.17) is 16.3 Å². The van der Waals surface area contributed by atoms with Crippen LogP contribution in [0.4, 0.5) is 14.9 Å². The molecule has 0 saturated heterocycles. The van der Waals surface area contributed by atoms with Gasteiger partial charge in [0.05, 0.1) is 5.56 Å². The largest absolute Gasteiger partial charge is 0.412 e. The summed E-state index contributed by atoms with van der Waals surface area (Å²) < 4.78 is 18.3. The van der Waals surface area contributed by atoms with Crippen LogP contribution in [0, 0.1) is 5.82 Å². The zero-order valence-corrected chi connectivity index (χ0v) is 16.1. The summed E-state index contributed by atoms with van der Waals surface area (Å²) in [6.07, 6.45) is -0.0341. The Labute approximate surface area is 172 Å². The summed E-state index contributed by atoms with van der Waals surface area (Å²) >= 11 is 5.99. The molecule has 0 aromatic heterocycles. The summed E-state index contributed by atoms with van der Waals surface area (Å²) in [6.45, 7) is 0.382. The second-order valence-corrected chi connectivity index (χ2v) is 6.59. The smallest absolute Gasteiger partial charge is 0.409 e. The summed E-state index contributed by atoms with van der Waals surface area (Å²) in [5.41, 5.74) is 1.56. The Morgan fingerprint density at radius 1 is 0.966 bits per heavy atom. The lowest BCUT2D eigenvalue weighted by molar-refractivity contribution is 0.102. The van der Waals surface area contributed by atoms with Crippen LogP contribution < -0.4 is 15.4 Å². The first-order valence-electron chi connectivity index (χ1n) is 8.87. The molecule has 0 fully saturated rings.